The fraction of sp³-hybridized carbons (Fsp3) is 0.444. The summed E-state index contributed by atoms with van der Waals surface area (Å²) >= 11 is 6.19. The van der Waals surface area contributed by atoms with Crippen molar-refractivity contribution in [3.63, 3.8) is 0 Å². The van der Waals surface area contributed by atoms with E-state index in [-0.39, 0.29) is 19.5 Å². The highest BCUT2D eigenvalue weighted by molar-refractivity contribution is 6.31. The first kappa shape index (κ1) is 17.3. The third kappa shape index (κ3) is 3.53. The topological polar surface area (TPSA) is 67.1 Å². The van der Waals surface area contributed by atoms with Crippen LogP contribution in [0.4, 0.5) is 26.1 Å². The van der Waals surface area contributed by atoms with Gasteiger partial charge >= 0.3 is 0 Å². The fourth-order valence-electron chi connectivity index (χ4n) is 3.11. The first-order chi connectivity index (χ1) is 12.4. The van der Waals surface area contributed by atoms with E-state index in [1.807, 2.05) is 24.3 Å². The molecule has 3 N–H and O–H groups in total. The van der Waals surface area contributed by atoms with Crippen molar-refractivity contribution >= 4 is 28.9 Å². The lowest BCUT2D eigenvalue weighted by Crippen LogP contribution is -2.27. The molecule has 4 rings (SSSR count). The number of rotatable bonds is 5. The Labute approximate surface area is 155 Å². The van der Waals surface area contributed by atoms with Crippen molar-refractivity contribution in [2.24, 2.45) is 0 Å². The molecule has 26 heavy (non-hydrogen) atoms. The van der Waals surface area contributed by atoms with Gasteiger partial charge in [0.25, 0.3) is 5.92 Å². The van der Waals surface area contributed by atoms with Crippen LogP contribution in [-0.4, -0.2) is 29.0 Å². The quantitative estimate of drug-likeness (QED) is 0.820. The number of halogens is 3. The number of nitrogens with two attached hydrogens (primary N) is 1. The van der Waals surface area contributed by atoms with Gasteiger partial charge in [-0.3, -0.25) is 0 Å². The lowest BCUT2D eigenvalue weighted by Gasteiger charge is -2.21. The van der Waals surface area contributed by atoms with E-state index >= 15 is 0 Å². The maximum absolute atomic E-state index is 13.6. The summed E-state index contributed by atoms with van der Waals surface area (Å²) in [6, 6.07) is 7.49. The van der Waals surface area contributed by atoms with E-state index in [2.05, 4.69) is 15.3 Å². The molecule has 1 aromatic heterocycles. The molecule has 5 nitrogen and oxygen atoms in total. The average molecular weight is 380 g/mol. The molecule has 0 unspecified atom stereocenters. The molecule has 2 heterocycles. The van der Waals surface area contributed by atoms with Crippen LogP contribution in [0.2, 0.25) is 5.02 Å². The number of anilines is 3. The molecular weight excluding hydrogens is 360 g/mol. The van der Waals surface area contributed by atoms with Crippen molar-refractivity contribution in [2.75, 3.05) is 29.0 Å². The second-order valence-corrected chi connectivity index (χ2v) is 7.32. The van der Waals surface area contributed by atoms with Gasteiger partial charge in [0.1, 0.15) is 11.5 Å². The molecule has 0 amide bonds. The molecule has 1 saturated carbocycles. The largest absolute Gasteiger partial charge is 0.393 e. The molecule has 0 atom stereocenters. The van der Waals surface area contributed by atoms with Crippen LogP contribution in [0.3, 0.4) is 0 Å². The number of nitrogens with zero attached hydrogens (tertiary/aromatic N) is 3. The molecule has 1 aliphatic carbocycles. The second-order valence-electron chi connectivity index (χ2n) is 6.91. The van der Waals surface area contributed by atoms with Gasteiger partial charge < -0.3 is 16.0 Å². The summed E-state index contributed by atoms with van der Waals surface area (Å²) in [5, 5.41) is 3.85. The van der Waals surface area contributed by atoms with E-state index in [1.165, 1.54) is 0 Å². The van der Waals surface area contributed by atoms with Crippen molar-refractivity contribution in [1.29, 1.82) is 0 Å². The van der Waals surface area contributed by atoms with Gasteiger partial charge in [-0.1, -0.05) is 29.8 Å². The summed E-state index contributed by atoms with van der Waals surface area (Å²) in [5.74, 6) is -0.861. The van der Waals surface area contributed by atoms with E-state index < -0.39 is 5.92 Å². The minimum absolute atomic E-state index is 0.183. The molecule has 0 spiro atoms. The Bertz CT molecular complexity index is 825. The van der Waals surface area contributed by atoms with Gasteiger partial charge in [-0.15, -0.1) is 0 Å². The van der Waals surface area contributed by atoms with Gasteiger partial charge in [0, 0.05) is 30.5 Å². The first-order valence-corrected chi connectivity index (χ1v) is 9.08. The summed E-state index contributed by atoms with van der Waals surface area (Å²) in [5.41, 5.74) is 7.45. The van der Waals surface area contributed by atoms with Gasteiger partial charge in [0.05, 0.1) is 6.54 Å². The summed E-state index contributed by atoms with van der Waals surface area (Å²) in [4.78, 5) is 10.6. The van der Waals surface area contributed by atoms with Crippen LogP contribution in [0.5, 0.6) is 0 Å². The Kier molecular flexibility index (Phi) is 4.34. The molecule has 0 radical (unpaired) electrons. The van der Waals surface area contributed by atoms with Crippen LogP contribution in [-0.2, 0) is 6.54 Å². The van der Waals surface area contributed by atoms with Gasteiger partial charge in [-0.25, -0.2) is 18.7 Å². The molecule has 2 aromatic rings. The summed E-state index contributed by atoms with van der Waals surface area (Å²) in [6.07, 6.45) is 1.85. The molecule has 138 valence electrons. The number of alkyl halides is 2. The zero-order valence-electron chi connectivity index (χ0n) is 14.2. The van der Waals surface area contributed by atoms with Crippen molar-refractivity contribution in [2.45, 2.75) is 37.6 Å². The smallest absolute Gasteiger partial charge is 0.266 e. The Morgan fingerprint density at radius 3 is 2.69 bits per heavy atom. The van der Waals surface area contributed by atoms with E-state index in [4.69, 9.17) is 17.3 Å². The highest BCUT2D eigenvalue weighted by atomic mass is 35.5. The number of nitrogens with one attached hydrogen (secondary N) is 1. The molecule has 2 aliphatic rings. The third-order valence-electron chi connectivity index (χ3n) is 4.76. The van der Waals surface area contributed by atoms with Gasteiger partial charge in [0.15, 0.2) is 11.6 Å². The van der Waals surface area contributed by atoms with Crippen LogP contribution in [0, 0.1) is 0 Å². The zero-order chi connectivity index (χ0) is 18.3. The number of nitrogen functional groups attached to an aromatic ring is 1. The Morgan fingerprint density at radius 1 is 1.27 bits per heavy atom. The predicted octanol–water partition coefficient (Wildman–Crippen LogP) is 4.05. The third-order valence-corrected chi connectivity index (χ3v) is 5.13. The number of aromatic nitrogens is 2. The Morgan fingerprint density at radius 2 is 2.04 bits per heavy atom. The molecule has 1 aromatic carbocycles. The molecule has 1 saturated heterocycles. The highest BCUT2D eigenvalue weighted by Gasteiger charge is 2.40. The zero-order valence-corrected chi connectivity index (χ0v) is 14.9. The van der Waals surface area contributed by atoms with Crippen LogP contribution in [0.25, 0.3) is 0 Å². The summed E-state index contributed by atoms with van der Waals surface area (Å²) < 4.78 is 27.3. The number of benzene rings is 1. The Hall–Kier alpha value is -2.15. The van der Waals surface area contributed by atoms with Crippen LogP contribution in [0.1, 0.15) is 36.6 Å². The minimum atomic E-state index is -2.71. The van der Waals surface area contributed by atoms with Crippen molar-refractivity contribution in [3.05, 3.63) is 40.7 Å². The maximum Gasteiger partial charge on any atom is 0.266 e. The maximum atomic E-state index is 13.6. The lowest BCUT2D eigenvalue weighted by atomic mass is 10.2. The highest BCUT2D eigenvalue weighted by Crippen LogP contribution is 2.42. The number of hydrogen-bond acceptors (Lipinski definition) is 5. The van der Waals surface area contributed by atoms with Crippen molar-refractivity contribution in [3.8, 4) is 0 Å². The van der Waals surface area contributed by atoms with Crippen molar-refractivity contribution < 1.29 is 8.78 Å². The Balaban J connectivity index is 1.62. The molecule has 2 fully saturated rings. The monoisotopic (exact) mass is 379 g/mol. The van der Waals surface area contributed by atoms with E-state index in [9.17, 15) is 8.78 Å². The number of hydrogen-bond donors (Lipinski definition) is 2. The molecule has 0 bridgehead atoms. The standard InChI is InChI=1S/C18H20ClF2N5/c19-13-4-2-1-3-12(13)9-23-16-14(22)17(25-15(24-16)11-5-6-11)26-8-7-18(20,21)10-26/h1-4,11H,5-10,22H2,(H,23,24,25). The van der Waals surface area contributed by atoms with Gasteiger partial charge in [-0.2, -0.15) is 0 Å². The van der Waals surface area contributed by atoms with Crippen LogP contribution in [0.15, 0.2) is 24.3 Å². The van der Waals surface area contributed by atoms with E-state index in [1.54, 1.807) is 4.90 Å². The van der Waals surface area contributed by atoms with E-state index in [0.717, 1.165) is 18.4 Å². The van der Waals surface area contributed by atoms with Gasteiger partial charge in [0.2, 0.25) is 0 Å². The lowest BCUT2D eigenvalue weighted by molar-refractivity contribution is 0.0257. The van der Waals surface area contributed by atoms with Crippen LogP contribution < -0.4 is 16.0 Å². The van der Waals surface area contributed by atoms with Crippen LogP contribution >= 0.6 is 11.6 Å². The predicted molar refractivity (Wildman–Crippen MR) is 99.0 cm³/mol. The van der Waals surface area contributed by atoms with Gasteiger partial charge in [-0.05, 0) is 24.5 Å². The van der Waals surface area contributed by atoms with Crippen molar-refractivity contribution in [1.82, 2.24) is 9.97 Å². The fourth-order valence-corrected chi connectivity index (χ4v) is 3.31. The SMILES string of the molecule is Nc1c(NCc2ccccc2Cl)nc(C2CC2)nc1N1CCC(F)(F)C1. The molecular formula is C18H20ClF2N5. The summed E-state index contributed by atoms with van der Waals surface area (Å²) in [7, 11) is 0. The average Bonchev–Trinajstić information content (AvgIpc) is 3.39. The first-order valence-electron chi connectivity index (χ1n) is 8.70. The molecule has 8 heteroatoms. The summed E-state index contributed by atoms with van der Waals surface area (Å²) in [6.45, 7) is 0.325. The molecule has 1 aliphatic heterocycles. The minimum Gasteiger partial charge on any atom is -0.393 e. The van der Waals surface area contributed by atoms with E-state index in [0.29, 0.717) is 40.6 Å². The second kappa shape index (κ2) is 6.54. The normalized spacial score (nSPS) is 19.0.